The van der Waals surface area contributed by atoms with Gasteiger partial charge in [0.2, 0.25) is 6.41 Å². The Morgan fingerprint density at radius 3 is 2.59 bits per heavy atom. The molecular formula is C23H25ClN4O4. The van der Waals surface area contributed by atoms with Crippen LogP contribution in [0.2, 0.25) is 5.02 Å². The molecule has 0 spiro atoms. The van der Waals surface area contributed by atoms with Crippen molar-refractivity contribution in [2.75, 3.05) is 32.1 Å². The summed E-state index contributed by atoms with van der Waals surface area (Å²) in [5.41, 5.74) is 1.13. The molecule has 2 amide bonds. The minimum absolute atomic E-state index is 0.0366. The fourth-order valence-corrected chi connectivity index (χ4v) is 3.32. The van der Waals surface area contributed by atoms with Crippen LogP contribution in [-0.4, -0.2) is 59.1 Å². The monoisotopic (exact) mass is 456 g/mol. The van der Waals surface area contributed by atoms with E-state index in [1.54, 1.807) is 35.9 Å². The normalized spacial score (nSPS) is 10.6. The van der Waals surface area contributed by atoms with Gasteiger partial charge in [0.05, 0.1) is 6.54 Å². The van der Waals surface area contributed by atoms with Gasteiger partial charge in [0.15, 0.2) is 11.5 Å². The predicted octanol–water partition coefficient (Wildman–Crippen LogP) is 3.42. The zero-order valence-corrected chi connectivity index (χ0v) is 18.7. The van der Waals surface area contributed by atoms with E-state index in [4.69, 9.17) is 21.4 Å². The Hall–Kier alpha value is -3.36. The van der Waals surface area contributed by atoms with Crippen LogP contribution >= 0.6 is 11.6 Å². The highest BCUT2D eigenvalue weighted by atomic mass is 35.5. The van der Waals surface area contributed by atoms with Crippen molar-refractivity contribution >= 4 is 29.7 Å². The maximum absolute atomic E-state index is 13.4. The topological polar surface area (TPSA) is 87.9 Å². The Bertz CT molecular complexity index is 1070. The summed E-state index contributed by atoms with van der Waals surface area (Å²) in [6.45, 7) is 0.608. The molecule has 3 aromatic rings. The molecule has 2 aromatic carbocycles. The Morgan fingerprint density at radius 2 is 1.94 bits per heavy atom. The number of anilines is 1. The maximum atomic E-state index is 13.4. The van der Waals surface area contributed by atoms with Gasteiger partial charge >= 0.3 is 6.01 Å². The molecule has 0 aliphatic rings. The highest BCUT2D eigenvalue weighted by Crippen LogP contribution is 2.31. The van der Waals surface area contributed by atoms with E-state index in [2.05, 4.69) is 4.98 Å². The minimum atomic E-state index is -0.341. The van der Waals surface area contributed by atoms with E-state index in [1.165, 1.54) is 16.8 Å². The second-order valence-electron chi connectivity index (χ2n) is 7.22. The number of carbonyl (C=O) groups is 2. The fraction of sp³-hybridized carbons (Fsp3) is 0.261. The van der Waals surface area contributed by atoms with Crippen molar-refractivity contribution in [1.29, 1.82) is 0 Å². The number of halogens is 1. The molecule has 1 aromatic heterocycles. The van der Waals surface area contributed by atoms with E-state index in [9.17, 15) is 9.59 Å². The smallest absolute Gasteiger partial charge is 0.304 e. The molecule has 8 nitrogen and oxygen atoms in total. The van der Waals surface area contributed by atoms with Crippen molar-refractivity contribution in [3.63, 3.8) is 0 Å². The average molecular weight is 457 g/mol. The standard InChI is InChI=1S/C23H25ClN4O4/c1-26(12-7-13-29)22(31)20-21(27(2)16-30)25-23(32-19-11-6-10-18(24)14-19)28(20)15-17-8-4-3-5-9-17/h3-6,8-11,14,16,29H,7,12-13,15H2,1-2H3. The summed E-state index contributed by atoms with van der Waals surface area (Å²) < 4.78 is 7.65. The molecule has 0 aliphatic carbocycles. The molecule has 32 heavy (non-hydrogen) atoms. The third-order valence-corrected chi connectivity index (χ3v) is 5.03. The van der Waals surface area contributed by atoms with Gasteiger partial charge in [0.25, 0.3) is 5.91 Å². The van der Waals surface area contributed by atoms with Crippen LogP contribution in [0.4, 0.5) is 5.82 Å². The first-order valence-electron chi connectivity index (χ1n) is 10.1. The molecule has 0 atom stereocenters. The van der Waals surface area contributed by atoms with E-state index < -0.39 is 0 Å². The summed E-state index contributed by atoms with van der Waals surface area (Å²) in [4.78, 5) is 32.2. The second-order valence-corrected chi connectivity index (χ2v) is 7.65. The number of hydrogen-bond donors (Lipinski definition) is 1. The van der Waals surface area contributed by atoms with Gasteiger partial charge < -0.3 is 19.6 Å². The van der Waals surface area contributed by atoms with Crippen molar-refractivity contribution in [2.24, 2.45) is 0 Å². The van der Waals surface area contributed by atoms with Crippen molar-refractivity contribution in [1.82, 2.24) is 14.5 Å². The minimum Gasteiger partial charge on any atom is -0.425 e. The van der Waals surface area contributed by atoms with Crippen molar-refractivity contribution in [3.05, 3.63) is 70.9 Å². The number of ether oxygens (including phenoxy) is 1. The molecule has 0 aliphatic heterocycles. The first-order valence-corrected chi connectivity index (χ1v) is 10.4. The summed E-state index contributed by atoms with van der Waals surface area (Å²) in [5, 5.41) is 9.64. The summed E-state index contributed by atoms with van der Waals surface area (Å²) in [7, 11) is 3.16. The van der Waals surface area contributed by atoms with Gasteiger partial charge in [0.1, 0.15) is 5.75 Å². The van der Waals surface area contributed by atoms with Crippen LogP contribution in [0.3, 0.4) is 0 Å². The lowest BCUT2D eigenvalue weighted by Gasteiger charge is -2.20. The number of aliphatic hydroxyl groups is 1. The summed E-state index contributed by atoms with van der Waals surface area (Å²) in [6, 6.07) is 16.5. The van der Waals surface area contributed by atoms with Gasteiger partial charge in [0, 0.05) is 32.3 Å². The van der Waals surface area contributed by atoms with E-state index in [0.29, 0.717) is 36.7 Å². The molecule has 0 saturated carbocycles. The number of rotatable bonds is 10. The average Bonchev–Trinajstić information content (AvgIpc) is 3.14. The third kappa shape index (κ3) is 5.46. The van der Waals surface area contributed by atoms with Crippen LogP contribution < -0.4 is 9.64 Å². The highest BCUT2D eigenvalue weighted by Gasteiger charge is 2.29. The summed E-state index contributed by atoms with van der Waals surface area (Å²) >= 11 is 6.09. The highest BCUT2D eigenvalue weighted by molar-refractivity contribution is 6.30. The largest absolute Gasteiger partial charge is 0.425 e. The van der Waals surface area contributed by atoms with Crippen molar-refractivity contribution in [3.8, 4) is 11.8 Å². The Labute approximate surface area is 191 Å². The molecular weight excluding hydrogens is 432 g/mol. The van der Waals surface area contributed by atoms with Crippen LogP contribution in [-0.2, 0) is 11.3 Å². The SMILES string of the molecule is CN(CCCO)C(=O)c1c(N(C)C=O)nc(Oc2cccc(Cl)c2)n1Cc1ccccc1. The van der Waals surface area contributed by atoms with E-state index in [0.717, 1.165) is 5.56 Å². The third-order valence-electron chi connectivity index (χ3n) is 4.80. The van der Waals surface area contributed by atoms with E-state index >= 15 is 0 Å². The van der Waals surface area contributed by atoms with Crippen LogP contribution in [0.1, 0.15) is 22.5 Å². The van der Waals surface area contributed by atoms with Crippen LogP contribution in [0.15, 0.2) is 54.6 Å². The van der Waals surface area contributed by atoms with Crippen LogP contribution in [0, 0.1) is 0 Å². The molecule has 168 valence electrons. The number of hydrogen-bond acceptors (Lipinski definition) is 5. The van der Waals surface area contributed by atoms with Crippen molar-refractivity contribution in [2.45, 2.75) is 13.0 Å². The quantitative estimate of drug-likeness (QED) is 0.472. The molecule has 0 radical (unpaired) electrons. The summed E-state index contributed by atoms with van der Waals surface area (Å²) in [5.74, 6) is 0.282. The van der Waals surface area contributed by atoms with E-state index in [-0.39, 0.29) is 30.0 Å². The number of nitrogens with zero attached hydrogens (tertiary/aromatic N) is 4. The molecule has 0 fully saturated rings. The number of aliphatic hydroxyl groups excluding tert-OH is 1. The number of amides is 2. The number of benzene rings is 2. The molecule has 0 unspecified atom stereocenters. The lowest BCUT2D eigenvalue weighted by molar-refractivity contribution is -0.107. The number of imidazole rings is 1. The first-order chi connectivity index (χ1) is 15.4. The lowest BCUT2D eigenvalue weighted by Crippen LogP contribution is -2.32. The maximum Gasteiger partial charge on any atom is 0.304 e. The second kappa shape index (κ2) is 10.8. The van der Waals surface area contributed by atoms with Gasteiger partial charge in [-0.15, -0.1) is 0 Å². The first kappa shape index (κ1) is 23.3. The fourth-order valence-electron chi connectivity index (χ4n) is 3.14. The van der Waals surface area contributed by atoms with Crippen LogP contribution in [0.5, 0.6) is 11.8 Å². The van der Waals surface area contributed by atoms with Gasteiger partial charge in [-0.3, -0.25) is 14.2 Å². The zero-order valence-electron chi connectivity index (χ0n) is 17.9. The van der Waals surface area contributed by atoms with Crippen LogP contribution in [0.25, 0.3) is 0 Å². The lowest BCUT2D eigenvalue weighted by atomic mass is 10.2. The van der Waals surface area contributed by atoms with Crippen molar-refractivity contribution < 1.29 is 19.4 Å². The van der Waals surface area contributed by atoms with Gasteiger partial charge in [-0.25, -0.2) is 0 Å². The molecule has 9 heteroatoms. The van der Waals surface area contributed by atoms with Gasteiger partial charge in [-0.2, -0.15) is 4.98 Å². The Kier molecular flexibility index (Phi) is 7.86. The Morgan fingerprint density at radius 1 is 1.19 bits per heavy atom. The molecule has 0 bridgehead atoms. The zero-order chi connectivity index (χ0) is 23.1. The summed E-state index contributed by atoms with van der Waals surface area (Å²) in [6.07, 6.45) is 1.02. The molecule has 1 heterocycles. The van der Waals surface area contributed by atoms with Gasteiger partial charge in [-0.05, 0) is 30.2 Å². The van der Waals surface area contributed by atoms with E-state index in [1.807, 2.05) is 30.3 Å². The van der Waals surface area contributed by atoms with Gasteiger partial charge in [-0.1, -0.05) is 48.0 Å². The predicted molar refractivity (Wildman–Crippen MR) is 122 cm³/mol. The number of carbonyl (C=O) groups excluding carboxylic acids is 2. The molecule has 0 saturated heterocycles. The molecule has 3 rings (SSSR count). The Balaban J connectivity index is 2.13. The molecule has 1 N–H and O–H groups in total. The number of aromatic nitrogens is 2.